The molecule has 0 N–H and O–H groups in total. The number of halogens is 2. The van der Waals surface area contributed by atoms with Gasteiger partial charge < -0.3 is 14.2 Å². The van der Waals surface area contributed by atoms with E-state index < -0.39 is 0 Å². The third-order valence-electron chi connectivity index (χ3n) is 1.91. The maximum atomic E-state index is 10.6. The first-order valence-electron chi connectivity index (χ1n) is 4.82. The molecular formula is C11H12Cl2O4. The Balaban J connectivity index is 2.52. The van der Waals surface area contributed by atoms with Crippen molar-refractivity contribution in [1.82, 2.24) is 0 Å². The summed E-state index contributed by atoms with van der Waals surface area (Å²) in [4.78, 5) is 10.6. The third kappa shape index (κ3) is 4.52. The van der Waals surface area contributed by atoms with Gasteiger partial charge in [0.15, 0.2) is 13.1 Å². The number of hydrogen-bond donors (Lipinski definition) is 0. The Morgan fingerprint density at radius 3 is 2.41 bits per heavy atom. The summed E-state index contributed by atoms with van der Waals surface area (Å²) in [5, 5.41) is 0.499. The van der Waals surface area contributed by atoms with Crippen LogP contribution in [-0.2, 0) is 9.47 Å². The van der Waals surface area contributed by atoms with E-state index in [2.05, 4.69) is 0 Å². The van der Waals surface area contributed by atoms with Gasteiger partial charge in [-0.1, -0.05) is 23.2 Å². The standard InChI is InChI=1S/C11H12Cl2O4/c1-15-2-3-16-7-17-8-4-10(12)9(6-14)11(13)5-8/h4-6H,2-3,7H2,1H3. The van der Waals surface area contributed by atoms with Crippen LogP contribution in [0.25, 0.3) is 0 Å². The van der Waals surface area contributed by atoms with E-state index in [9.17, 15) is 4.79 Å². The fourth-order valence-corrected chi connectivity index (χ4v) is 1.62. The molecule has 0 aliphatic heterocycles. The summed E-state index contributed by atoms with van der Waals surface area (Å²) >= 11 is 11.7. The molecule has 0 saturated carbocycles. The number of methoxy groups -OCH3 is 1. The minimum absolute atomic E-state index is 0.0659. The Morgan fingerprint density at radius 1 is 1.24 bits per heavy atom. The van der Waals surface area contributed by atoms with Crippen LogP contribution in [0.2, 0.25) is 10.0 Å². The lowest BCUT2D eigenvalue weighted by molar-refractivity contribution is -0.00846. The zero-order valence-electron chi connectivity index (χ0n) is 9.24. The minimum atomic E-state index is 0.0659. The van der Waals surface area contributed by atoms with E-state index in [0.717, 1.165) is 0 Å². The molecular weight excluding hydrogens is 267 g/mol. The van der Waals surface area contributed by atoms with Crippen molar-refractivity contribution < 1.29 is 19.0 Å². The average molecular weight is 279 g/mol. The van der Waals surface area contributed by atoms with Crippen LogP contribution in [0.1, 0.15) is 10.4 Å². The number of rotatable bonds is 7. The average Bonchev–Trinajstić information content (AvgIpc) is 2.28. The molecule has 4 nitrogen and oxygen atoms in total. The van der Waals surface area contributed by atoms with Crippen LogP contribution in [0, 0.1) is 0 Å². The van der Waals surface area contributed by atoms with Gasteiger partial charge >= 0.3 is 0 Å². The summed E-state index contributed by atoms with van der Waals surface area (Å²) in [6.45, 7) is 0.996. The van der Waals surface area contributed by atoms with Crippen LogP contribution in [0.4, 0.5) is 0 Å². The molecule has 94 valence electrons. The van der Waals surface area contributed by atoms with Crippen LogP contribution in [-0.4, -0.2) is 33.4 Å². The van der Waals surface area contributed by atoms with Crippen LogP contribution >= 0.6 is 23.2 Å². The van der Waals surface area contributed by atoms with Crippen LogP contribution < -0.4 is 4.74 Å². The molecule has 1 aromatic carbocycles. The normalized spacial score (nSPS) is 10.3. The van der Waals surface area contributed by atoms with Crippen molar-refractivity contribution in [2.75, 3.05) is 27.1 Å². The first kappa shape index (κ1) is 14.3. The Hall–Kier alpha value is -0.810. The molecule has 0 aliphatic rings. The van der Waals surface area contributed by atoms with E-state index in [4.69, 9.17) is 37.4 Å². The number of carbonyl (C=O) groups excluding carboxylic acids is 1. The predicted molar refractivity (Wildman–Crippen MR) is 65.2 cm³/mol. The first-order chi connectivity index (χ1) is 8.19. The molecule has 1 aromatic rings. The molecule has 0 fully saturated rings. The van der Waals surface area contributed by atoms with Gasteiger partial charge in [0.25, 0.3) is 0 Å². The smallest absolute Gasteiger partial charge is 0.189 e. The van der Waals surface area contributed by atoms with Crippen molar-refractivity contribution in [1.29, 1.82) is 0 Å². The Labute approximate surface area is 109 Å². The van der Waals surface area contributed by atoms with Crippen molar-refractivity contribution in [3.8, 4) is 5.75 Å². The SMILES string of the molecule is COCCOCOc1cc(Cl)c(C=O)c(Cl)c1. The number of benzene rings is 1. The van der Waals surface area contributed by atoms with Crippen molar-refractivity contribution >= 4 is 29.5 Å². The lowest BCUT2D eigenvalue weighted by Crippen LogP contribution is -2.07. The molecule has 0 atom stereocenters. The van der Waals surface area contributed by atoms with Crippen LogP contribution in [0.3, 0.4) is 0 Å². The Morgan fingerprint density at radius 2 is 1.88 bits per heavy atom. The maximum absolute atomic E-state index is 10.6. The van der Waals surface area contributed by atoms with Crippen LogP contribution in [0.5, 0.6) is 5.75 Å². The van der Waals surface area contributed by atoms with Crippen LogP contribution in [0.15, 0.2) is 12.1 Å². The zero-order chi connectivity index (χ0) is 12.7. The molecule has 0 heterocycles. The molecule has 0 bridgehead atoms. The fourth-order valence-electron chi connectivity index (χ4n) is 1.07. The highest BCUT2D eigenvalue weighted by atomic mass is 35.5. The van der Waals surface area contributed by atoms with Crippen molar-refractivity contribution in [2.24, 2.45) is 0 Å². The van der Waals surface area contributed by atoms with Gasteiger partial charge in [-0.15, -0.1) is 0 Å². The van der Waals surface area contributed by atoms with E-state index >= 15 is 0 Å². The number of aldehydes is 1. The molecule has 0 unspecified atom stereocenters. The van der Waals surface area contributed by atoms with E-state index in [1.54, 1.807) is 7.11 Å². The number of ether oxygens (including phenoxy) is 3. The van der Waals surface area contributed by atoms with Gasteiger partial charge in [0, 0.05) is 7.11 Å². The van der Waals surface area contributed by atoms with E-state index in [-0.39, 0.29) is 22.4 Å². The molecule has 0 amide bonds. The van der Waals surface area contributed by atoms with Gasteiger partial charge in [0.1, 0.15) is 5.75 Å². The topological polar surface area (TPSA) is 44.8 Å². The summed E-state index contributed by atoms with van der Waals surface area (Å²) in [7, 11) is 1.59. The number of hydrogen-bond acceptors (Lipinski definition) is 4. The molecule has 0 aromatic heterocycles. The second kappa shape index (κ2) is 7.50. The maximum Gasteiger partial charge on any atom is 0.189 e. The molecule has 17 heavy (non-hydrogen) atoms. The quantitative estimate of drug-likeness (QED) is 0.437. The lowest BCUT2D eigenvalue weighted by atomic mass is 10.2. The Bertz CT molecular complexity index is 359. The monoisotopic (exact) mass is 278 g/mol. The van der Waals surface area contributed by atoms with Gasteiger partial charge in [-0.3, -0.25) is 4.79 Å². The van der Waals surface area contributed by atoms with Crippen molar-refractivity contribution in [2.45, 2.75) is 0 Å². The fraction of sp³-hybridized carbons (Fsp3) is 0.364. The van der Waals surface area contributed by atoms with Gasteiger partial charge in [0.2, 0.25) is 0 Å². The summed E-state index contributed by atoms with van der Waals surface area (Å²) < 4.78 is 15.2. The molecule has 6 heteroatoms. The van der Waals surface area contributed by atoms with Crippen molar-refractivity contribution in [3.05, 3.63) is 27.7 Å². The molecule has 0 radical (unpaired) electrons. The highest BCUT2D eigenvalue weighted by Gasteiger charge is 2.07. The highest BCUT2D eigenvalue weighted by Crippen LogP contribution is 2.28. The van der Waals surface area contributed by atoms with Gasteiger partial charge in [0.05, 0.1) is 28.8 Å². The number of carbonyl (C=O) groups is 1. The largest absolute Gasteiger partial charge is 0.467 e. The zero-order valence-corrected chi connectivity index (χ0v) is 10.8. The first-order valence-corrected chi connectivity index (χ1v) is 5.58. The van der Waals surface area contributed by atoms with Gasteiger partial charge in [-0.05, 0) is 12.1 Å². The Kier molecular flexibility index (Phi) is 6.29. The molecule has 1 rings (SSSR count). The summed E-state index contributed by atoms with van der Waals surface area (Å²) in [6.07, 6.45) is 0.601. The molecule has 0 saturated heterocycles. The summed E-state index contributed by atoms with van der Waals surface area (Å²) in [6, 6.07) is 3.02. The van der Waals surface area contributed by atoms with Gasteiger partial charge in [-0.2, -0.15) is 0 Å². The molecule has 0 aliphatic carbocycles. The van der Waals surface area contributed by atoms with E-state index in [0.29, 0.717) is 25.2 Å². The lowest BCUT2D eigenvalue weighted by Gasteiger charge is -2.09. The summed E-state index contributed by atoms with van der Waals surface area (Å²) in [5.41, 5.74) is 0.251. The second-order valence-electron chi connectivity index (χ2n) is 3.08. The van der Waals surface area contributed by atoms with E-state index in [1.807, 2.05) is 0 Å². The highest BCUT2D eigenvalue weighted by molar-refractivity contribution is 6.38. The predicted octanol–water partition coefficient (Wildman–Crippen LogP) is 2.81. The second-order valence-corrected chi connectivity index (χ2v) is 3.90. The minimum Gasteiger partial charge on any atom is -0.467 e. The summed E-state index contributed by atoms with van der Waals surface area (Å²) in [5.74, 6) is 0.447. The third-order valence-corrected chi connectivity index (χ3v) is 2.54. The molecule has 0 spiro atoms. The van der Waals surface area contributed by atoms with E-state index in [1.165, 1.54) is 12.1 Å². The van der Waals surface area contributed by atoms with Gasteiger partial charge in [-0.25, -0.2) is 0 Å². The van der Waals surface area contributed by atoms with Crippen molar-refractivity contribution in [3.63, 3.8) is 0 Å².